The summed E-state index contributed by atoms with van der Waals surface area (Å²) >= 11 is 0. The van der Waals surface area contributed by atoms with Gasteiger partial charge in [-0.05, 0) is 70.3 Å². The Morgan fingerprint density at radius 2 is 1.10 bits per heavy atom. The van der Waals surface area contributed by atoms with E-state index in [2.05, 4.69) is 79.9 Å². The molecular formula is C36H32N2O4. The lowest BCUT2D eigenvalue weighted by Gasteiger charge is -2.38. The number of hydrogen-bond acceptors (Lipinski definition) is 4. The summed E-state index contributed by atoms with van der Waals surface area (Å²) in [6.07, 6.45) is 2.66. The number of para-hydroxylation sites is 1. The van der Waals surface area contributed by atoms with Gasteiger partial charge in [-0.15, -0.1) is 0 Å². The lowest BCUT2D eigenvalue weighted by molar-refractivity contribution is -0.135. The van der Waals surface area contributed by atoms with Gasteiger partial charge in [-0.3, -0.25) is 9.59 Å². The van der Waals surface area contributed by atoms with Crippen LogP contribution < -0.4 is 9.47 Å². The van der Waals surface area contributed by atoms with Gasteiger partial charge in [-0.2, -0.15) is 0 Å². The minimum atomic E-state index is -0.0642. The monoisotopic (exact) mass is 556 g/mol. The summed E-state index contributed by atoms with van der Waals surface area (Å²) in [5.74, 6) is 1.48. The molecule has 2 fully saturated rings. The third-order valence-corrected chi connectivity index (χ3v) is 7.71. The topological polar surface area (TPSA) is 59.1 Å². The van der Waals surface area contributed by atoms with Gasteiger partial charge in [-0.25, -0.2) is 0 Å². The molecule has 6 heteroatoms. The summed E-state index contributed by atoms with van der Waals surface area (Å²) in [4.78, 5) is 26.9. The average Bonchev–Trinajstić information content (AvgIpc) is 3.00. The smallest absolute Gasteiger partial charge is 0.246 e. The molecule has 0 aliphatic carbocycles. The predicted molar refractivity (Wildman–Crippen MR) is 165 cm³/mol. The Labute approximate surface area is 246 Å². The first kappa shape index (κ1) is 27.1. The van der Waals surface area contributed by atoms with Crippen LogP contribution in [0.15, 0.2) is 122 Å². The Morgan fingerprint density at radius 1 is 0.595 bits per heavy atom. The molecule has 2 amide bonds. The Kier molecular flexibility index (Phi) is 7.60. The molecule has 2 aliphatic heterocycles. The number of benzene rings is 4. The van der Waals surface area contributed by atoms with Crippen molar-refractivity contribution in [3.63, 3.8) is 0 Å². The van der Waals surface area contributed by atoms with Crippen molar-refractivity contribution in [2.45, 2.75) is 12.2 Å². The lowest BCUT2D eigenvalue weighted by atomic mass is 9.96. The third-order valence-electron chi connectivity index (χ3n) is 7.71. The van der Waals surface area contributed by atoms with Crippen molar-refractivity contribution in [2.75, 3.05) is 26.2 Å². The van der Waals surface area contributed by atoms with Gasteiger partial charge in [0, 0.05) is 5.56 Å². The molecule has 0 saturated carbocycles. The van der Waals surface area contributed by atoms with E-state index in [0.29, 0.717) is 26.2 Å². The molecule has 4 aromatic carbocycles. The molecule has 0 spiro atoms. The first-order valence-electron chi connectivity index (χ1n) is 14.1. The van der Waals surface area contributed by atoms with Crippen LogP contribution in [0.25, 0.3) is 33.4 Å². The maximum Gasteiger partial charge on any atom is 0.246 e. The van der Waals surface area contributed by atoms with Crippen molar-refractivity contribution in [3.8, 4) is 44.9 Å². The summed E-state index contributed by atoms with van der Waals surface area (Å²) in [5, 5.41) is 0. The molecule has 2 saturated heterocycles. The number of carbonyl (C=O) groups excluding carboxylic acids is 2. The van der Waals surface area contributed by atoms with E-state index < -0.39 is 0 Å². The summed E-state index contributed by atoms with van der Waals surface area (Å²) in [6.45, 7) is 9.39. The van der Waals surface area contributed by atoms with Gasteiger partial charge in [0.1, 0.15) is 23.7 Å². The van der Waals surface area contributed by atoms with Crippen LogP contribution in [0.2, 0.25) is 0 Å². The summed E-state index contributed by atoms with van der Waals surface area (Å²) in [7, 11) is 0. The average molecular weight is 557 g/mol. The van der Waals surface area contributed by atoms with E-state index in [4.69, 9.17) is 9.47 Å². The number of ether oxygens (including phenoxy) is 2. The predicted octanol–water partition coefficient (Wildman–Crippen LogP) is 6.24. The zero-order valence-electron chi connectivity index (χ0n) is 23.3. The van der Waals surface area contributed by atoms with Gasteiger partial charge in [-0.1, -0.05) is 79.9 Å². The van der Waals surface area contributed by atoms with E-state index in [1.54, 1.807) is 9.80 Å². The van der Waals surface area contributed by atoms with Crippen LogP contribution in [0.4, 0.5) is 0 Å². The van der Waals surface area contributed by atoms with Gasteiger partial charge >= 0.3 is 0 Å². The maximum absolute atomic E-state index is 11.8. The first-order chi connectivity index (χ1) is 20.5. The molecule has 2 heterocycles. The lowest BCUT2D eigenvalue weighted by Crippen LogP contribution is -2.55. The quantitative estimate of drug-likeness (QED) is 0.229. The molecule has 0 atom stereocenters. The molecular weight excluding hydrogens is 524 g/mol. The Bertz CT molecular complexity index is 1630. The third kappa shape index (κ3) is 5.70. The largest absolute Gasteiger partial charge is 0.487 e. The highest BCUT2D eigenvalue weighted by Crippen LogP contribution is 2.35. The standard InChI is InChI=1S/C36H32N2O4/c1-3-35(39)37-21-31(22-37)41-30-17-15-25(16-18-30)26-9-7-10-27(19-26)28-11-8-12-29(20-28)33-13-5-6-14-34(33)42-32-23-38(24-32)36(40)4-2/h3-20,31-32H,1-2,21-24H2. The number of likely N-dealkylation sites (tertiary alicyclic amines) is 2. The first-order valence-corrected chi connectivity index (χ1v) is 14.1. The summed E-state index contributed by atoms with van der Waals surface area (Å²) < 4.78 is 12.3. The van der Waals surface area contributed by atoms with Gasteiger partial charge in [0.25, 0.3) is 0 Å². The zero-order valence-corrected chi connectivity index (χ0v) is 23.3. The summed E-state index contributed by atoms with van der Waals surface area (Å²) in [5.41, 5.74) is 6.52. The van der Waals surface area contributed by atoms with Crippen molar-refractivity contribution < 1.29 is 19.1 Å². The molecule has 0 radical (unpaired) electrons. The molecule has 0 N–H and O–H groups in total. The molecule has 4 aromatic rings. The second-order valence-electron chi connectivity index (χ2n) is 10.6. The second-order valence-corrected chi connectivity index (χ2v) is 10.6. The Hall–Kier alpha value is -5.10. The molecule has 210 valence electrons. The Morgan fingerprint density at radius 3 is 1.69 bits per heavy atom. The van der Waals surface area contributed by atoms with Crippen molar-refractivity contribution in [1.29, 1.82) is 0 Å². The van der Waals surface area contributed by atoms with Crippen LogP contribution >= 0.6 is 0 Å². The number of amides is 2. The van der Waals surface area contributed by atoms with E-state index >= 15 is 0 Å². The van der Waals surface area contributed by atoms with Crippen LogP contribution in [-0.4, -0.2) is 60.0 Å². The van der Waals surface area contributed by atoms with Gasteiger partial charge in [0.05, 0.1) is 26.2 Å². The van der Waals surface area contributed by atoms with E-state index in [-0.39, 0.29) is 24.0 Å². The minimum absolute atomic E-state index is 0.00996. The van der Waals surface area contributed by atoms with E-state index in [0.717, 1.165) is 44.9 Å². The molecule has 2 aliphatic rings. The fourth-order valence-electron chi connectivity index (χ4n) is 5.29. The van der Waals surface area contributed by atoms with Crippen LogP contribution in [-0.2, 0) is 9.59 Å². The van der Waals surface area contributed by atoms with Gasteiger partial charge in [0.15, 0.2) is 0 Å². The second kappa shape index (κ2) is 11.8. The van der Waals surface area contributed by atoms with Crippen molar-refractivity contribution >= 4 is 11.8 Å². The van der Waals surface area contributed by atoms with Gasteiger partial charge in [0.2, 0.25) is 11.8 Å². The zero-order chi connectivity index (χ0) is 29.1. The van der Waals surface area contributed by atoms with Crippen molar-refractivity contribution in [1.82, 2.24) is 9.80 Å². The van der Waals surface area contributed by atoms with E-state index in [1.165, 1.54) is 12.2 Å². The normalized spacial score (nSPS) is 14.9. The highest BCUT2D eigenvalue weighted by atomic mass is 16.5. The van der Waals surface area contributed by atoms with E-state index in [1.807, 2.05) is 30.3 Å². The number of carbonyl (C=O) groups is 2. The highest BCUT2D eigenvalue weighted by Gasteiger charge is 2.32. The fraction of sp³-hybridized carbons (Fsp3) is 0.167. The van der Waals surface area contributed by atoms with Crippen LogP contribution in [0.3, 0.4) is 0 Å². The SMILES string of the molecule is C=CC(=O)N1CC(Oc2ccc(-c3cccc(-c4cccc(-c5ccccc5OC5CN(C(=O)C=C)C5)c4)c3)cc2)C1. The molecule has 0 bridgehead atoms. The van der Waals surface area contributed by atoms with Gasteiger partial charge < -0.3 is 19.3 Å². The van der Waals surface area contributed by atoms with Crippen molar-refractivity contribution in [2.24, 2.45) is 0 Å². The minimum Gasteiger partial charge on any atom is -0.487 e. The molecule has 42 heavy (non-hydrogen) atoms. The molecule has 0 aromatic heterocycles. The maximum atomic E-state index is 11.8. The molecule has 6 rings (SSSR count). The van der Waals surface area contributed by atoms with Crippen LogP contribution in [0.5, 0.6) is 11.5 Å². The number of nitrogens with zero attached hydrogens (tertiary/aromatic N) is 2. The van der Waals surface area contributed by atoms with Crippen LogP contribution in [0, 0.1) is 0 Å². The number of rotatable bonds is 9. The van der Waals surface area contributed by atoms with Crippen molar-refractivity contribution in [3.05, 3.63) is 122 Å². The number of hydrogen-bond donors (Lipinski definition) is 0. The molecule has 6 nitrogen and oxygen atoms in total. The van der Waals surface area contributed by atoms with Crippen LogP contribution in [0.1, 0.15) is 0 Å². The van der Waals surface area contributed by atoms with E-state index in [9.17, 15) is 9.59 Å². The highest BCUT2D eigenvalue weighted by molar-refractivity contribution is 5.88. The fourth-order valence-corrected chi connectivity index (χ4v) is 5.29. The summed E-state index contributed by atoms with van der Waals surface area (Å²) in [6, 6.07) is 33.1. The Balaban J connectivity index is 1.15. The molecule has 0 unspecified atom stereocenters.